The second-order valence-electron chi connectivity index (χ2n) is 14.1. The summed E-state index contributed by atoms with van der Waals surface area (Å²) in [6.45, 7) is 22.0. The van der Waals surface area contributed by atoms with Gasteiger partial charge in [-0.25, -0.2) is 4.79 Å². The fourth-order valence-corrected chi connectivity index (χ4v) is 6.51. The maximum absolute atomic E-state index is 13.0. The van der Waals surface area contributed by atoms with Gasteiger partial charge in [-0.1, -0.05) is 53.7 Å². The van der Waals surface area contributed by atoms with Gasteiger partial charge in [-0.15, -0.1) is 0 Å². The maximum atomic E-state index is 13.0. The highest BCUT2D eigenvalue weighted by molar-refractivity contribution is 6.74. The number of H-pyrrole nitrogens is 1. The van der Waals surface area contributed by atoms with Crippen LogP contribution < -0.4 is 11.2 Å². The number of nitro groups is 1. The Balaban J connectivity index is 1.84. The van der Waals surface area contributed by atoms with Gasteiger partial charge in [-0.2, -0.15) is 0 Å². The molecule has 234 valence electrons. The topological polar surface area (TPSA) is 135 Å². The van der Waals surface area contributed by atoms with Crippen molar-refractivity contribution in [3.05, 3.63) is 72.5 Å². The molecule has 42 heavy (non-hydrogen) atoms. The molecule has 0 aliphatic carbocycles. The molecule has 2 heterocycles. The van der Waals surface area contributed by atoms with E-state index in [9.17, 15) is 19.7 Å². The van der Waals surface area contributed by atoms with Crippen LogP contribution in [-0.4, -0.2) is 49.9 Å². The van der Waals surface area contributed by atoms with Gasteiger partial charge >= 0.3 is 5.69 Å². The van der Waals surface area contributed by atoms with Crippen LogP contribution in [0, 0.1) is 10.1 Å². The second-order valence-corrected chi connectivity index (χ2v) is 23.6. The van der Waals surface area contributed by atoms with Gasteiger partial charge in [0.05, 0.1) is 42.0 Å². The Labute approximate surface area is 250 Å². The summed E-state index contributed by atoms with van der Waals surface area (Å²) in [7, 11) is -4.27. The number of para-hydroxylation sites is 1. The predicted octanol–water partition coefficient (Wildman–Crippen LogP) is 5.86. The first-order valence-electron chi connectivity index (χ1n) is 14.3. The molecular weight excluding hydrogens is 575 g/mol. The lowest BCUT2D eigenvalue weighted by atomic mass is 10.2. The molecule has 2 aromatic rings. The Morgan fingerprint density at radius 2 is 1.60 bits per heavy atom. The lowest BCUT2D eigenvalue weighted by Gasteiger charge is -2.40. The summed E-state index contributed by atoms with van der Waals surface area (Å²) < 4.78 is 26.8. The molecule has 1 aliphatic rings. The third-order valence-electron chi connectivity index (χ3n) is 8.90. The van der Waals surface area contributed by atoms with E-state index >= 15 is 0 Å². The lowest BCUT2D eigenvalue weighted by Crippen LogP contribution is -2.48. The minimum atomic E-state index is -2.19. The summed E-state index contributed by atoms with van der Waals surface area (Å²) in [5.74, 6) is 0. The average molecular weight is 622 g/mol. The minimum Gasteiger partial charge on any atom is -0.414 e. The van der Waals surface area contributed by atoms with Crippen molar-refractivity contribution < 1.29 is 23.2 Å². The fraction of sp³-hybridized carbons (Fsp3) is 0.655. The molecule has 0 spiro atoms. The van der Waals surface area contributed by atoms with Gasteiger partial charge in [-0.05, 0) is 42.3 Å². The molecule has 1 aromatic heterocycles. The number of ether oxygens (including phenoxy) is 2. The number of nitro benzene ring substituents is 1. The molecule has 1 aliphatic heterocycles. The van der Waals surface area contributed by atoms with E-state index in [-0.39, 0.29) is 40.6 Å². The SMILES string of the molecule is CC(C)(C)[Si](C)(C)OC[C@H]1O[C@@H](n2cc(COCc3ccccc3[N+](=O)[O-])c(=O)[nH]c2=O)C[C@@H]1O[Si](C)(C)C(C)(C)C. The first-order chi connectivity index (χ1) is 19.2. The number of hydrogen-bond acceptors (Lipinski definition) is 8. The summed E-state index contributed by atoms with van der Waals surface area (Å²) in [6, 6.07) is 6.26. The van der Waals surface area contributed by atoms with E-state index in [1.54, 1.807) is 18.2 Å². The van der Waals surface area contributed by atoms with Gasteiger partial charge in [0.1, 0.15) is 12.3 Å². The van der Waals surface area contributed by atoms with Crippen molar-refractivity contribution >= 4 is 22.3 Å². The van der Waals surface area contributed by atoms with E-state index in [0.29, 0.717) is 18.6 Å². The van der Waals surface area contributed by atoms with Gasteiger partial charge in [0.25, 0.3) is 11.2 Å². The second kappa shape index (κ2) is 12.7. The van der Waals surface area contributed by atoms with Gasteiger partial charge in [0.15, 0.2) is 16.6 Å². The average Bonchev–Trinajstić information content (AvgIpc) is 3.24. The van der Waals surface area contributed by atoms with Crippen LogP contribution in [0.2, 0.25) is 36.3 Å². The van der Waals surface area contributed by atoms with Crippen LogP contribution >= 0.6 is 0 Å². The Morgan fingerprint density at radius 3 is 2.19 bits per heavy atom. The molecule has 3 rings (SSSR count). The normalized spacial score (nSPS) is 20.2. The summed E-state index contributed by atoms with van der Waals surface area (Å²) in [6.07, 6.45) is 0.506. The van der Waals surface area contributed by atoms with E-state index in [1.807, 2.05) is 0 Å². The number of benzene rings is 1. The van der Waals surface area contributed by atoms with Crippen LogP contribution in [0.1, 0.15) is 65.3 Å². The van der Waals surface area contributed by atoms with Crippen molar-refractivity contribution in [2.24, 2.45) is 0 Å². The summed E-state index contributed by atoms with van der Waals surface area (Å²) in [5.41, 5.74) is -0.635. The smallest absolute Gasteiger partial charge is 0.330 e. The highest BCUT2D eigenvalue weighted by Gasteiger charge is 2.46. The predicted molar refractivity (Wildman–Crippen MR) is 167 cm³/mol. The van der Waals surface area contributed by atoms with Crippen molar-refractivity contribution in [2.75, 3.05) is 6.61 Å². The number of aromatic nitrogens is 2. The van der Waals surface area contributed by atoms with Gasteiger partial charge < -0.3 is 18.3 Å². The van der Waals surface area contributed by atoms with E-state index < -0.39 is 45.1 Å². The Hall–Kier alpha value is -2.43. The zero-order valence-electron chi connectivity index (χ0n) is 26.6. The Morgan fingerprint density at radius 1 is 1.00 bits per heavy atom. The summed E-state index contributed by atoms with van der Waals surface area (Å²) >= 11 is 0. The van der Waals surface area contributed by atoms with Crippen molar-refractivity contribution in [1.29, 1.82) is 0 Å². The van der Waals surface area contributed by atoms with Crippen molar-refractivity contribution in [1.82, 2.24) is 9.55 Å². The third-order valence-corrected chi connectivity index (χ3v) is 17.9. The van der Waals surface area contributed by atoms with Gasteiger partial charge in [0, 0.05) is 18.7 Å². The molecule has 0 saturated carbocycles. The molecule has 11 nitrogen and oxygen atoms in total. The molecule has 1 fully saturated rings. The van der Waals surface area contributed by atoms with Gasteiger partial charge in [-0.3, -0.25) is 24.5 Å². The molecule has 13 heteroatoms. The molecule has 0 unspecified atom stereocenters. The first kappa shape index (κ1) is 34.1. The largest absolute Gasteiger partial charge is 0.414 e. The summed E-state index contributed by atoms with van der Waals surface area (Å²) in [5, 5.41) is 11.3. The van der Waals surface area contributed by atoms with Gasteiger partial charge in [0.2, 0.25) is 0 Å². The van der Waals surface area contributed by atoms with E-state index in [4.69, 9.17) is 18.3 Å². The molecular formula is C29H47N3O8Si2. The van der Waals surface area contributed by atoms with Crippen LogP contribution in [0.4, 0.5) is 5.69 Å². The number of nitrogens with one attached hydrogen (secondary N) is 1. The van der Waals surface area contributed by atoms with Crippen molar-refractivity contribution in [2.45, 2.75) is 116 Å². The number of rotatable bonds is 11. The first-order valence-corrected chi connectivity index (χ1v) is 20.2. The Bertz CT molecular complexity index is 1370. The highest BCUT2D eigenvalue weighted by atomic mass is 28.4. The van der Waals surface area contributed by atoms with Crippen molar-refractivity contribution in [3.8, 4) is 0 Å². The third kappa shape index (κ3) is 7.94. The molecule has 1 saturated heterocycles. The highest BCUT2D eigenvalue weighted by Crippen LogP contribution is 2.42. The van der Waals surface area contributed by atoms with Crippen LogP contribution in [0.25, 0.3) is 0 Å². The minimum absolute atomic E-state index is 0.0196. The maximum Gasteiger partial charge on any atom is 0.330 e. The molecule has 1 N–H and O–H groups in total. The lowest BCUT2D eigenvalue weighted by molar-refractivity contribution is -0.386. The van der Waals surface area contributed by atoms with Crippen LogP contribution in [0.3, 0.4) is 0 Å². The molecule has 3 atom stereocenters. The monoisotopic (exact) mass is 621 g/mol. The molecule has 0 radical (unpaired) electrons. The van der Waals surface area contributed by atoms with Crippen LogP contribution in [0.15, 0.2) is 40.1 Å². The van der Waals surface area contributed by atoms with Crippen molar-refractivity contribution in [3.63, 3.8) is 0 Å². The zero-order valence-corrected chi connectivity index (χ0v) is 28.6. The van der Waals surface area contributed by atoms with E-state index in [1.165, 1.54) is 16.8 Å². The number of hydrogen-bond donors (Lipinski definition) is 1. The molecule has 1 aromatic carbocycles. The van der Waals surface area contributed by atoms with Crippen LogP contribution in [-0.2, 0) is 31.5 Å². The molecule has 0 bridgehead atoms. The standard InChI is InChI=1S/C29H47N3O8Si2/c1-28(2,3)41(7,8)38-19-24-23(40-42(9,10)29(4,5)6)15-25(39-24)31-16-21(26(33)30-27(31)34)18-37-17-20-13-11-12-14-22(20)32(35)36/h11-14,16,23-25H,15,17-19H2,1-10H3,(H,30,33,34)/t23-,24+,25+/m0/s1. The number of nitrogens with zero attached hydrogens (tertiary/aromatic N) is 2. The zero-order chi connectivity index (χ0) is 31.7. The van der Waals surface area contributed by atoms with E-state index in [0.717, 1.165) is 0 Å². The van der Waals surface area contributed by atoms with Crippen LogP contribution in [0.5, 0.6) is 0 Å². The Kier molecular flexibility index (Phi) is 10.3. The molecule has 0 amide bonds. The fourth-order valence-electron chi connectivity index (χ4n) is 4.13. The van der Waals surface area contributed by atoms with E-state index in [2.05, 4.69) is 72.7 Å². The number of aromatic amines is 1. The summed E-state index contributed by atoms with van der Waals surface area (Å²) in [4.78, 5) is 38.8. The quantitative estimate of drug-likeness (QED) is 0.187.